The quantitative estimate of drug-likeness (QED) is 0.702. The molecule has 2 aromatic carbocycles. The first-order valence-electron chi connectivity index (χ1n) is 7.64. The molecule has 1 N–H and O–H groups in total. The van der Waals surface area contributed by atoms with Gasteiger partial charge in [0, 0.05) is 12.2 Å². The molecule has 0 aliphatic carbocycles. The molecule has 122 valence electrons. The fourth-order valence-corrected chi connectivity index (χ4v) is 2.13. The highest BCUT2D eigenvalue weighted by Gasteiger charge is 2.05. The van der Waals surface area contributed by atoms with E-state index in [0.717, 1.165) is 28.5 Å². The van der Waals surface area contributed by atoms with Crippen LogP contribution in [0.2, 0.25) is 0 Å². The van der Waals surface area contributed by atoms with E-state index in [1.54, 1.807) is 13.2 Å². The predicted molar refractivity (Wildman–Crippen MR) is 93.6 cm³/mol. The molecule has 0 aliphatic rings. The number of rotatable bonds is 9. The summed E-state index contributed by atoms with van der Waals surface area (Å²) in [4.78, 5) is 0. The molecule has 2 rings (SSSR count). The average molecular weight is 313 g/mol. The Balaban J connectivity index is 1.98. The van der Waals surface area contributed by atoms with Gasteiger partial charge in [-0.2, -0.15) is 0 Å². The average Bonchev–Trinajstić information content (AvgIpc) is 2.60. The Morgan fingerprint density at radius 2 is 1.83 bits per heavy atom. The molecule has 0 saturated carbocycles. The topological polar surface area (TPSA) is 39.7 Å². The third kappa shape index (κ3) is 4.95. The number of hydrogen-bond donors (Lipinski definition) is 1. The van der Waals surface area contributed by atoms with E-state index >= 15 is 0 Å². The fourth-order valence-electron chi connectivity index (χ4n) is 2.13. The lowest BCUT2D eigenvalue weighted by Gasteiger charge is -2.12. The van der Waals surface area contributed by atoms with Crippen LogP contribution in [0.3, 0.4) is 0 Å². The lowest BCUT2D eigenvalue weighted by atomic mass is 10.2. The van der Waals surface area contributed by atoms with Crippen LogP contribution in [0.4, 0.5) is 5.69 Å². The summed E-state index contributed by atoms with van der Waals surface area (Å²) in [6.07, 6.45) is 1.71. The van der Waals surface area contributed by atoms with Gasteiger partial charge < -0.3 is 19.5 Å². The van der Waals surface area contributed by atoms with Crippen molar-refractivity contribution in [3.05, 3.63) is 60.7 Å². The molecule has 0 aliphatic heterocycles. The van der Waals surface area contributed by atoms with E-state index in [9.17, 15) is 0 Å². The summed E-state index contributed by atoms with van der Waals surface area (Å²) in [6, 6.07) is 13.8. The van der Waals surface area contributed by atoms with Crippen LogP contribution >= 0.6 is 0 Å². The van der Waals surface area contributed by atoms with Crippen molar-refractivity contribution in [3.63, 3.8) is 0 Å². The van der Waals surface area contributed by atoms with Crippen molar-refractivity contribution in [2.24, 2.45) is 0 Å². The first-order chi connectivity index (χ1) is 11.3. The summed E-state index contributed by atoms with van der Waals surface area (Å²) < 4.78 is 16.4. The monoisotopic (exact) mass is 313 g/mol. The smallest absolute Gasteiger partial charge is 0.161 e. The van der Waals surface area contributed by atoms with Crippen molar-refractivity contribution < 1.29 is 14.2 Å². The van der Waals surface area contributed by atoms with Crippen LogP contribution in [0.25, 0.3) is 0 Å². The van der Waals surface area contributed by atoms with Gasteiger partial charge in [0.15, 0.2) is 11.5 Å². The Morgan fingerprint density at radius 1 is 1.04 bits per heavy atom. The first kappa shape index (κ1) is 16.7. The van der Waals surface area contributed by atoms with Crippen molar-refractivity contribution in [1.82, 2.24) is 0 Å². The Labute approximate surface area is 137 Å². The molecule has 0 saturated heterocycles. The summed E-state index contributed by atoms with van der Waals surface area (Å²) in [6.45, 7) is 7.45. The number of ether oxygens (including phenoxy) is 3. The molecular weight excluding hydrogens is 290 g/mol. The highest BCUT2D eigenvalue weighted by atomic mass is 16.5. The molecule has 2 aromatic rings. The Hall–Kier alpha value is -2.62. The Morgan fingerprint density at radius 3 is 2.48 bits per heavy atom. The van der Waals surface area contributed by atoms with E-state index in [0.29, 0.717) is 19.8 Å². The number of anilines is 1. The number of hydrogen-bond acceptors (Lipinski definition) is 4. The van der Waals surface area contributed by atoms with Gasteiger partial charge in [-0.05, 0) is 48.9 Å². The zero-order chi connectivity index (χ0) is 16.5. The van der Waals surface area contributed by atoms with E-state index in [1.165, 1.54) is 0 Å². The summed E-state index contributed by atoms with van der Waals surface area (Å²) in [5, 5.41) is 3.38. The SMILES string of the molecule is C=CCOc1ccc(CNc2ccc(OCC)cc2)cc1OC. The maximum absolute atomic E-state index is 5.55. The minimum Gasteiger partial charge on any atom is -0.494 e. The molecule has 4 nitrogen and oxygen atoms in total. The maximum atomic E-state index is 5.55. The van der Waals surface area contributed by atoms with Gasteiger partial charge in [0.05, 0.1) is 13.7 Å². The van der Waals surface area contributed by atoms with Crippen LogP contribution in [-0.2, 0) is 6.54 Å². The zero-order valence-corrected chi connectivity index (χ0v) is 13.7. The van der Waals surface area contributed by atoms with E-state index in [1.807, 2.05) is 49.4 Å². The van der Waals surface area contributed by atoms with Crippen molar-refractivity contribution in [1.29, 1.82) is 0 Å². The van der Waals surface area contributed by atoms with Crippen molar-refractivity contribution >= 4 is 5.69 Å². The van der Waals surface area contributed by atoms with E-state index in [2.05, 4.69) is 11.9 Å². The largest absolute Gasteiger partial charge is 0.494 e. The second-order valence-corrected chi connectivity index (χ2v) is 4.90. The fraction of sp³-hybridized carbons (Fsp3) is 0.263. The molecule has 0 bridgehead atoms. The molecule has 0 atom stereocenters. The molecule has 0 aromatic heterocycles. The highest BCUT2D eigenvalue weighted by Crippen LogP contribution is 2.28. The standard InChI is InChI=1S/C19H23NO3/c1-4-12-23-18-11-6-15(13-19(18)21-3)14-20-16-7-9-17(10-8-16)22-5-2/h4,6-11,13,20H,1,5,12,14H2,2-3H3. The first-order valence-corrected chi connectivity index (χ1v) is 7.64. The summed E-state index contributed by atoms with van der Waals surface area (Å²) >= 11 is 0. The van der Waals surface area contributed by atoms with Crippen molar-refractivity contribution in [2.75, 3.05) is 25.6 Å². The van der Waals surface area contributed by atoms with Crippen LogP contribution in [0.15, 0.2) is 55.1 Å². The van der Waals surface area contributed by atoms with E-state index < -0.39 is 0 Å². The number of methoxy groups -OCH3 is 1. The highest BCUT2D eigenvalue weighted by molar-refractivity contribution is 5.48. The van der Waals surface area contributed by atoms with Gasteiger partial charge in [-0.15, -0.1) is 0 Å². The van der Waals surface area contributed by atoms with Gasteiger partial charge >= 0.3 is 0 Å². The predicted octanol–water partition coefficient (Wildman–Crippen LogP) is 4.27. The van der Waals surface area contributed by atoms with Gasteiger partial charge in [-0.25, -0.2) is 0 Å². The van der Waals surface area contributed by atoms with Crippen molar-refractivity contribution in [3.8, 4) is 17.2 Å². The summed E-state index contributed by atoms with van der Waals surface area (Å²) in [5.41, 5.74) is 2.15. The molecule has 0 fully saturated rings. The lowest BCUT2D eigenvalue weighted by molar-refractivity contribution is 0.326. The van der Waals surface area contributed by atoms with E-state index in [4.69, 9.17) is 14.2 Å². The minimum absolute atomic E-state index is 0.458. The second-order valence-electron chi connectivity index (χ2n) is 4.90. The summed E-state index contributed by atoms with van der Waals surface area (Å²) in [5.74, 6) is 2.32. The minimum atomic E-state index is 0.458. The molecular formula is C19H23NO3. The summed E-state index contributed by atoms with van der Waals surface area (Å²) in [7, 11) is 1.64. The third-order valence-corrected chi connectivity index (χ3v) is 3.25. The molecule has 0 amide bonds. The van der Waals surface area contributed by atoms with Crippen LogP contribution in [0, 0.1) is 0 Å². The number of nitrogens with one attached hydrogen (secondary N) is 1. The lowest BCUT2D eigenvalue weighted by Crippen LogP contribution is -2.01. The zero-order valence-electron chi connectivity index (χ0n) is 13.7. The molecule has 23 heavy (non-hydrogen) atoms. The molecule has 0 spiro atoms. The third-order valence-electron chi connectivity index (χ3n) is 3.25. The van der Waals surface area contributed by atoms with Gasteiger partial charge in [0.1, 0.15) is 12.4 Å². The van der Waals surface area contributed by atoms with Gasteiger partial charge in [-0.1, -0.05) is 18.7 Å². The second kappa shape index (κ2) is 8.73. The van der Waals surface area contributed by atoms with Gasteiger partial charge in [0.2, 0.25) is 0 Å². The Bertz CT molecular complexity index is 623. The molecule has 4 heteroatoms. The maximum Gasteiger partial charge on any atom is 0.161 e. The van der Waals surface area contributed by atoms with E-state index in [-0.39, 0.29) is 0 Å². The molecule has 0 radical (unpaired) electrons. The van der Waals surface area contributed by atoms with Crippen molar-refractivity contribution in [2.45, 2.75) is 13.5 Å². The van der Waals surface area contributed by atoms with Gasteiger partial charge in [0.25, 0.3) is 0 Å². The normalized spacial score (nSPS) is 10.0. The molecule has 0 unspecified atom stereocenters. The van der Waals surface area contributed by atoms with Gasteiger partial charge in [-0.3, -0.25) is 0 Å². The van der Waals surface area contributed by atoms with Crippen LogP contribution in [0.5, 0.6) is 17.2 Å². The van der Waals surface area contributed by atoms with Crippen LogP contribution < -0.4 is 19.5 Å². The van der Waals surface area contributed by atoms with Crippen LogP contribution in [0.1, 0.15) is 12.5 Å². The number of benzene rings is 2. The molecule has 0 heterocycles. The Kier molecular flexibility index (Phi) is 6.36. The van der Waals surface area contributed by atoms with Crippen LogP contribution in [-0.4, -0.2) is 20.3 Å².